The highest BCUT2D eigenvalue weighted by Crippen LogP contribution is 2.33. The van der Waals surface area contributed by atoms with Crippen LogP contribution in [0.2, 0.25) is 0 Å². The first-order valence-corrected chi connectivity index (χ1v) is 10.1. The summed E-state index contributed by atoms with van der Waals surface area (Å²) in [6, 6.07) is 6.06. The molecule has 1 atom stereocenters. The molecule has 0 aliphatic rings. The molecule has 0 aliphatic heterocycles. The van der Waals surface area contributed by atoms with Gasteiger partial charge in [-0.1, -0.05) is 6.92 Å². The maximum atomic E-state index is 5.71. The molecule has 1 N–H and O–H groups in total. The number of aromatic nitrogens is 6. The third-order valence-corrected chi connectivity index (χ3v) is 4.89. The second-order valence-electron chi connectivity index (χ2n) is 6.99. The van der Waals surface area contributed by atoms with E-state index in [1.165, 1.54) is 0 Å². The van der Waals surface area contributed by atoms with Gasteiger partial charge in [-0.25, -0.2) is 9.97 Å². The second-order valence-corrected chi connectivity index (χ2v) is 6.99. The van der Waals surface area contributed by atoms with Crippen molar-refractivity contribution in [3.8, 4) is 17.1 Å². The van der Waals surface area contributed by atoms with Crippen LogP contribution in [0.5, 0.6) is 5.88 Å². The largest absolute Gasteiger partial charge is 0.477 e. The van der Waals surface area contributed by atoms with Crippen LogP contribution in [0.4, 0.5) is 5.69 Å². The van der Waals surface area contributed by atoms with E-state index in [0.29, 0.717) is 30.8 Å². The smallest absolute Gasteiger partial charge is 0.235 e. The molecule has 4 heterocycles. The quantitative estimate of drug-likeness (QED) is 0.464. The van der Waals surface area contributed by atoms with Crippen LogP contribution in [0.15, 0.2) is 35.0 Å². The highest BCUT2D eigenvalue weighted by atomic mass is 16.5. The highest BCUT2D eigenvalue weighted by Gasteiger charge is 2.18. The molecule has 9 nitrogen and oxygen atoms in total. The average molecular weight is 407 g/mol. The van der Waals surface area contributed by atoms with Gasteiger partial charge in [0, 0.05) is 19.2 Å². The number of ether oxygens (including phenoxy) is 1. The Hall–Kier alpha value is -3.49. The standard InChI is InChI=1S/C21H25N7O2/c1-5-13(3)28-20-17(23-12-19-27-26-14(4)30-19)10-16(25-18(20)11-24-28)15-8-7-9-22-21(15)29-6-2/h7-11,13H,5-6,12H2,1-4H3,(H,23,25)/t13-/m1/s1. The average Bonchev–Trinajstić information content (AvgIpc) is 3.38. The van der Waals surface area contributed by atoms with Gasteiger partial charge < -0.3 is 14.5 Å². The Labute approximate surface area is 174 Å². The van der Waals surface area contributed by atoms with Crippen LogP contribution in [0.3, 0.4) is 0 Å². The SMILES string of the molecule is CCOc1ncccc1-c1cc(NCc2nnc(C)o2)c2c(cnn2[C@H](C)CC)n1. The lowest BCUT2D eigenvalue weighted by Crippen LogP contribution is -2.09. The first kappa shape index (κ1) is 19.8. The van der Waals surface area contributed by atoms with Crippen LogP contribution in [0.25, 0.3) is 22.3 Å². The first-order chi connectivity index (χ1) is 14.6. The van der Waals surface area contributed by atoms with E-state index in [-0.39, 0.29) is 6.04 Å². The van der Waals surface area contributed by atoms with E-state index in [1.54, 1.807) is 19.3 Å². The van der Waals surface area contributed by atoms with Crippen molar-refractivity contribution in [1.29, 1.82) is 0 Å². The molecular weight excluding hydrogens is 382 g/mol. The molecule has 0 amide bonds. The molecule has 0 bridgehead atoms. The van der Waals surface area contributed by atoms with E-state index in [4.69, 9.17) is 14.1 Å². The third-order valence-electron chi connectivity index (χ3n) is 4.89. The molecule has 0 saturated heterocycles. The molecule has 30 heavy (non-hydrogen) atoms. The normalized spacial score (nSPS) is 12.3. The van der Waals surface area contributed by atoms with Gasteiger partial charge in [0.1, 0.15) is 11.0 Å². The van der Waals surface area contributed by atoms with Crippen molar-refractivity contribution in [2.24, 2.45) is 0 Å². The second kappa shape index (κ2) is 8.48. The van der Waals surface area contributed by atoms with Crippen molar-refractivity contribution in [2.45, 2.75) is 46.7 Å². The fraction of sp³-hybridized carbons (Fsp3) is 0.381. The fourth-order valence-electron chi connectivity index (χ4n) is 3.26. The van der Waals surface area contributed by atoms with Crippen molar-refractivity contribution in [3.05, 3.63) is 42.4 Å². The lowest BCUT2D eigenvalue weighted by molar-refractivity contribution is 0.328. The van der Waals surface area contributed by atoms with Gasteiger partial charge in [-0.3, -0.25) is 4.68 Å². The number of anilines is 1. The minimum absolute atomic E-state index is 0.235. The Morgan fingerprint density at radius 3 is 2.87 bits per heavy atom. The monoisotopic (exact) mass is 407 g/mol. The summed E-state index contributed by atoms with van der Waals surface area (Å²) in [5.74, 6) is 1.61. The van der Waals surface area contributed by atoms with Crippen molar-refractivity contribution in [3.63, 3.8) is 0 Å². The molecule has 156 valence electrons. The maximum Gasteiger partial charge on any atom is 0.235 e. The number of fused-ring (bicyclic) bond motifs is 1. The summed E-state index contributed by atoms with van der Waals surface area (Å²) in [5.41, 5.74) is 4.20. The fourth-order valence-corrected chi connectivity index (χ4v) is 3.26. The molecular formula is C21H25N7O2. The lowest BCUT2D eigenvalue weighted by atomic mass is 10.1. The zero-order chi connectivity index (χ0) is 21.1. The van der Waals surface area contributed by atoms with Crippen LogP contribution in [0.1, 0.15) is 45.0 Å². The summed E-state index contributed by atoms with van der Waals surface area (Å²) in [6.45, 7) is 8.91. The molecule has 0 saturated carbocycles. The van der Waals surface area contributed by atoms with E-state index in [9.17, 15) is 0 Å². The predicted molar refractivity (Wildman–Crippen MR) is 113 cm³/mol. The van der Waals surface area contributed by atoms with Crippen LogP contribution in [-0.2, 0) is 6.54 Å². The Balaban J connectivity index is 1.82. The molecule has 4 aromatic heterocycles. The Kier molecular flexibility index (Phi) is 5.60. The summed E-state index contributed by atoms with van der Waals surface area (Å²) >= 11 is 0. The molecule has 0 aliphatic carbocycles. The summed E-state index contributed by atoms with van der Waals surface area (Å²) in [5, 5.41) is 16.0. The summed E-state index contributed by atoms with van der Waals surface area (Å²) in [6.07, 6.45) is 4.46. The first-order valence-electron chi connectivity index (χ1n) is 10.1. The van der Waals surface area contributed by atoms with Gasteiger partial charge in [0.05, 0.1) is 36.3 Å². The summed E-state index contributed by atoms with van der Waals surface area (Å²) in [7, 11) is 0. The Morgan fingerprint density at radius 2 is 2.13 bits per heavy atom. The van der Waals surface area contributed by atoms with E-state index in [1.807, 2.05) is 29.8 Å². The molecule has 4 aromatic rings. The van der Waals surface area contributed by atoms with Gasteiger partial charge in [-0.05, 0) is 38.5 Å². The van der Waals surface area contributed by atoms with Crippen molar-refractivity contribution in [1.82, 2.24) is 29.9 Å². The van der Waals surface area contributed by atoms with Crippen LogP contribution in [0, 0.1) is 6.92 Å². The summed E-state index contributed by atoms with van der Waals surface area (Å²) < 4.78 is 13.2. The molecule has 0 radical (unpaired) electrons. The van der Waals surface area contributed by atoms with Gasteiger partial charge >= 0.3 is 0 Å². The van der Waals surface area contributed by atoms with Gasteiger partial charge in [-0.15, -0.1) is 10.2 Å². The molecule has 0 aromatic carbocycles. The topological polar surface area (TPSA) is 104 Å². The molecule has 0 fully saturated rings. The van der Waals surface area contributed by atoms with Gasteiger partial charge in [0.2, 0.25) is 17.7 Å². The minimum atomic E-state index is 0.235. The highest BCUT2D eigenvalue weighted by molar-refractivity contribution is 5.91. The number of nitrogens with zero attached hydrogens (tertiary/aromatic N) is 6. The van der Waals surface area contributed by atoms with E-state index < -0.39 is 0 Å². The van der Waals surface area contributed by atoms with Crippen LogP contribution >= 0.6 is 0 Å². The molecule has 0 unspecified atom stereocenters. The lowest BCUT2D eigenvalue weighted by Gasteiger charge is -2.15. The van der Waals surface area contributed by atoms with E-state index >= 15 is 0 Å². The number of hydrogen-bond donors (Lipinski definition) is 1. The number of nitrogens with one attached hydrogen (secondary N) is 1. The van der Waals surface area contributed by atoms with Gasteiger partial charge in [-0.2, -0.15) is 5.10 Å². The van der Waals surface area contributed by atoms with Gasteiger partial charge in [0.25, 0.3) is 0 Å². The van der Waals surface area contributed by atoms with Crippen molar-refractivity contribution < 1.29 is 9.15 Å². The van der Waals surface area contributed by atoms with Crippen LogP contribution < -0.4 is 10.1 Å². The summed E-state index contributed by atoms with van der Waals surface area (Å²) in [4.78, 5) is 9.21. The van der Waals surface area contributed by atoms with Crippen molar-refractivity contribution in [2.75, 3.05) is 11.9 Å². The van der Waals surface area contributed by atoms with Gasteiger partial charge in [0.15, 0.2) is 0 Å². The van der Waals surface area contributed by atoms with E-state index in [2.05, 4.69) is 39.4 Å². The molecule has 4 rings (SSSR count). The zero-order valence-corrected chi connectivity index (χ0v) is 17.6. The van der Waals surface area contributed by atoms with E-state index in [0.717, 1.165) is 34.4 Å². The maximum absolute atomic E-state index is 5.71. The van der Waals surface area contributed by atoms with Crippen LogP contribution in [-0.4, -0.2) is 36.6 Å². The molecule has 0 spiro atoms. The Morgan fingerprint density at radius 1 is 1.27 bits per heavy atom. The third kappa shape index (κ3) is 3.83. The number of hydrogen-bond acceptors (Lipinski definition) is 8. The minimum Gasteiger partial charge on any atom is -0.477 e. The number of aryl methyl sites for hydroxylation is 1. The Bertz CT molecular complexity index is 1150. The zero-order valence-electron chi connectivity index (χ0n) is 17.6. The number of rotatable bonds is 8. The number of pyridine rings is 2. The predicted octanol–water partition coefficient (Wildman–Crippen LogP) is 4.17. The molecule has 9 heteroatoms. The van der Waals surface area contributed by atoms with Crippen molar-refractivity contribution >= 4 is 16.7 Å².